The molecule has 8 nitrogen and oxygen atoms in total. The van der Waals surface area contributed by atoms with E-state index in [1.807, 2.05) is 81.9 Å². The van der Waals surface area contributed by atoms with Gasteiger partial charge in [0.1, 0.15) is 49.4 Å². The summed E-state index contributed by atoms with van der Waals surface area (Å²) in [6.07, 6.45) is 13.0. The van der Waals surface area contributed by atoms with Gasteiger partial charge in [0.05, 0.1) is 25.2 Å². The number of aromatic hydroxyl groups is 2. The van der Waals surface area contributed by atoms with Crippen molar-refractivity contribution in [3.63, 3.8) is 0 Å². The van der Waals surface area contributed by atoms with E-state index in [0.717, 1.165) is 11.1 Å². The molecule has 0 saturated heterocycles. The van der Waals surface area contributed by atoms with Crippen molar-refractivity contribution >= 4 is 32.8 Å². The number of hydrogen-bond acceptors (Lipinski definition) is 4. The standard InChI is InChI=1S/2C12H12N2O2.ClH.F6P/c2*1-13-4-5-14(9-13)7-10-2-3-12(16)11(6-10)8-15;;1-7(2,3,4,5)6/h2*2-6,8-9H,7H2,1H3;1H;/q;;;-1/p+2. The third-order valence-corrected chi connectivity index (χ3v) is 4.82. The van der Waals surface area contributed by atoms with Crippen molar-refractivity contribution in [2.45, 2.75) is 13.1 Å². The molecule has 0 atom stereocenters. The number of aryl methyl sites for hydroxylation is 2. The number of rotatable bonds is 6. The first kappa shape index (κ1) is 34.1. The van der Waals surface area contributed by atoms with Gasteiger partial charge in [0.25, 0.3) is 0 Å². The van der Waals surface area contributed by atoms with Crippen LogP contribution in [-0.4, -0.2) is 31.9 Å². The van der Waals surface area contributed by atoms with Gasteiger partial charge in [0.2, 0.25) is 12.7 Å². The molecule has 4 rings (SSSR count). The van der Waals surface area contributed by atoms with Crippen LogP contribution in [0.1, 0.15) is 31.8 Å². The Balaban J connectivity index is 0.000000320. The summed E-state index contributed by atoms with van der Waals surface area (Å²) < 4.78 is 67.1. The van der Waals surface area contributed by atoms with Crippen molar-refractivity contribution in [1.29, 1.82) is 0 Å². The van der Waals surface area contributed by atoms with Gasteiger partial charge in [-0.25, -0.2) is 18.3 Å². The molecule has 2 aromatic heterocycles. The van der Waals surface area contributed by atoms with Gasteiger partial charge in [-0.3, -0.25) is 9.59 Å². The van der Waals surface area contributed by atoms with Crippen molar-refractivity contribution in [1.82, 2.24) is 9.13 Å². The van der Waals surface area contributed by atoms with Crippen LogP contribution < -0.4 is 9.13 Å². The molecule has 0 aliphatic carbocycles. The Bertz CT molecular complexity index is 1350. The Hall–Kier alpha value is -3.90. The Morgan fingerprint density at radius 2 is 1.05 bits per heavy atom. The van der Waals surface area contributed by atoms with Crippen molar-refractivity contribution in [3.8, 4) is 11.5 Å². The van der Waals surface area contributed by atoms with E-state index in [1.165, 1.54) is 0 Å². The van der Waals surface area contributed by atoms with E-state index in [-0.39, 0.29) is 23.9 Å². The van der Waals surface area contributed by atoms with Crippen LogP contribution in [0.4, 0.5) is 25.2 Å². The number of phenols is 2. The zero-order chi connectivity index (χ0) is 29.5. The molecule has 0 unspecified atom stereocenters. The Morgan fingerprint density at radius 3 is 1.30 bits per heavy atom. The number of hydrogen-bond donors (Lipinski definition) is 2. The summed E-state index contributed by atoms with van der Waals surface area (Å²) in [5.74, 6) is 0.0497. The van der Waals surface area contributed by atoms with Gasteiger partial charge in [-0.05, 0) is 35.4 Å². The quantitative estimate of drug-likeness (QED) is 0.129. The first-order valence-corrected chi connectivity index (χ1v) is 13.0. The molecule has 16 heteroatoms. The first-order valence-electron chi connectivity index (χ1n) is 11.0. The van der Waals surface area contributed by atoms with Gasteiger partial charge in [-0.2, -0.15) is 0 Å². The van der Waals surface area contributed by atoms with Crippen molar-refractivity contribution in [2.24, 2.45) is 14.1 Å². The van der Waals surface area contributed by atoms with Gasteiger partial charge < -0.3 is 10.2 Å². The zero-order valence-corrected chi connectivity index (χ0v) is 22.8. The molecule has 2 heterocycles. The van der Waals surface area contributed by atoms with Crippen molar-refractivity contribution in [2.75, 3.05) is 0 Å². The first-order chi connectivity index (χ1) is 17.8. The molecule has 2 N–H and O–H groups in total. The van der Waals surface area contributed by atoms with E-state index in [9.17, 15) is 45.0 Å². The van der Waals surface area contributed by atoms with E-state index in [0.29, 0.717) is 36.8 Å². The molecule has 0 spiro atoms. The number of benzene rings is 2. The molecule has 0 aliphatic rings. The number of carbonyl (C=O) groups is 2. The molecule has 0 fully saturated rings. The summed E-state index contributed by atoms with van der Waals surface area (Å²) in [6, 6.07) is 10.1. The van der Waals surface area contributed by atoms with Gasteiger partial charge in [-0.1, -0.05) is 12.1 Å². The average molecular weight is 616 g/mol. The summed E-state index contributed by atoms with van der Waals surface area (Å²) in [7, 11) is -6.76. The maximum atomic E-state index is 10.7. The van der Waals surface area contributed by atoms with Crippen LogP contribution in [-0.2, 0) is 27.2 Å². The van der Waals surface area contributed by atoms with Crippen LogP contribution in [0, 0.1) is 0 Å². The molecule has 4 aromatic rings. The predicted octanol–water partition coefficient (Wildman–Crippen LogP) is 5.56. The van der Waals surface area contributed by atoms with Crippen LogP contribution in [0.5, 0.6) is 11.5 Å². The SMILES string of the molecule is C[n+]1ccn(Cc2ccc(O)c(C=O)c2)c1.C[n+]1ccn(Cc2ccc(O)c(C=O)c2)c1.Cl.F[P-](F)(F)(F)(F)F. The van der Waals surface area contributed by atoms with Gasteiger partial charge in [0, 0.05) is 0 Å². The van der Waals surface area contributed by atoms with Crippen molar-refractivity contribution in [3.05, 3.63) is 96.1 Å². The fourth-order valence-corrected chi connectivity index (χ4v) is 3.21. The second-order valence-electron chi connectivity index (χ2n) is 8.48. The van der Waals surface area contributed by atoms with Crippen LogP contribution in [0.15, 0.2) is 73.8 Å². The Morgan fingerprint density at radius 1 is 0.725 bits per heavy atom. The number of imidazole rings is 2. The third-order valence-electron chi connectivity index (χ3n) is 4.82. The predicted molar refractivity (Wildman–Crippen MR) is 137 cm³/mol. The minimum absolute atomic E-state index is 0. The maximum absolute atomic E-state index is 10.7. The van der Waals surface area contributed by atoms with Crippen LogP contribution in [0.3, 0.4) is 0 Å². The molecular weight excluding hydrogens is 589 g/mol. The number of aromatic nitrogens is 4. The Labute approximate surface area is 231 Å². The monoisotopic (exact) mass is 615 g/mol. The minimum atomic E-state index is -10.7. The number of aldehydes is 2. The third kappa shape index (κ3) is 13.8. The fraction of sp³-hybridized carbons (Fsp3) is 0.167. The number of carbonyl (C=O) groups excluding carboxylic acids is 2. The summed E-state index contributed by atoms with van der Waals surface area (Å²) in [5.41, 5.74) is 2.62. The summed E-state index contributed by atoms with van der Waals surface area (Å²) in [6.45, 7) is 1.36. The second-order valence-corrected chi connectivity index (χ2v) is 10.4. The van der Waals surface area contributed by atoms with E-state index in [2.05, 4.69) is 0 Å². The van der Waals surface area contributed by atoms with E-state index < -0.39 is 7.81 Å². The van der Waals surface area contributed by atoms with Crippen LogP contribution in [0.2, 0.25) is 0 Å². The molecular formula is C24H27ClF6N4O4P+. The van der Waals surface area contributed by atoms with E-state index in [1.54, 1.807) is 24.3 Å². The molecule has 2 aromatic carbocycles. The normalized spacial score (nSPS) is 12.3. The zero-order valence-electron chi connectivity index (χ0n) is 21.1. The fourth-order valence-electron chi connectivity index (χ4n) is 3.21. The number of nitrogens with zero attached hydrogens (tertiary/aromatic N) is 4. The van der Waals surface area contributed by atoms with E-state index in [4.69, 9.17) is 0 Å². The summed E-state index contributed by atoms with van der Waals surface area (Å²) in [4.78, 5) is 21.3. The Kier molecular flexibility index (Phi) is 10.7. The topological polar surface area (TPSA) is 92.2 Å². The molecule has 0 radical (unpaired) electrons. The molecule has 0 aliphatic heterocycles. The van der Waals surface area contributed by atoms with Gasteiger partial charge in [0.15, 0.2) is 12.6 Å². The van der Waals surface area contributed by atoms with Gasteiger partial charge in [-0.15, -0.1) is 12.4 Å². The molecule has 40 heavy (non-hydrogen) atoms. The molecule has 0 bridgehead atoms. The number of phenolic OH excluding ortho intramolecular Hbond substituents is 2. The number of halogens is 7. The van der Waals surface area contributed by atoms with Crippen molar-refractivity contribution < 1.29 is 54.1 Å². The van der Waals surface area contributed by atoms with Crippen LogP contribution in [0.25, 0.3) is 0 Å². The average Bonchev–Trinajstić information content (AvgIpc) is 3.41. The molecule has 220 valence electrons. The molecule has 0 amide bonds. The van der Waals surface area contributed by atoms with E-state index >= 15 is 0 Å². The summed E-state index contributed by atoms with van der Waals surface area (Å²) >= 11 is 0. The molecule has 0 saturated carbocycles. The van der Waals surface area contributed by atoms with Crippen LogP contribution >= 0.6 is 20.2 Å². The summed E-state index contributed by atoms with van der Waals surface area (Å²) in [5, 5.41) is 18.7. The van der Waals surface area contributed by atoms with Gasteiger partial charge >= 0.3 is 33.0 Å². The second kappa shape index (κ2) is 12.5.